The molecule has 0 spiro atoms. The largest absolute Gasteiger partial charge is 0.352 e. The van der Waals surface area contributed by atoms with Gasteiger partial charge >= 0.3 is 0 Å². The van der Waals surface area contributed by atoms with E-state index in [0.717, 1.165) is 42.6 Å². The van der Waals surface area contributed by atoms with Crippen molar-refractivity contribution in [3.63, 3.8) is 0 Å². The Morgan fingerprint density at radius 2 is 1.46 bits per heavy atom. The lowest BCUT2D eigenvalue weighted by atomic mass is 9.94. The lowest BCUT2D eigenvalue weighted by Crippen LogP contribution is -2.53. The van der Waals surface area contributed by atoms with Crippen LogP contribution in [-0.4, -0.2) is 34.6 Å². The monoisotopic (exact) mass is 514 g/mol. The van der Waals surface area contributed by atoms with E-state index in [9.17, 15) is 9.59 Å². The maximum Gasteiger partial charge on any atom is 0.243 e. The van der Waals surface area contributed by atoms with Gasteiger partial charge in [0.2, 0.25) is 11.8 Å². The summed E-state index contributed by atoms with van der Waals surface area (Å²) >= 11 is 1.60. The van der Waals surface area contributed by atoms with Crippen LogP contribution in [0.5, 0.6) is 0 Å². The molecule has 1 atom stereocenters. The molecule has 3 aromatic rings. The van der Waals surface area contributed by atoms with Gasteiger partial charge in [-0.25, -0.2) is 0 Å². The zero-order valence-corrected chi connectivity index (χ0v) is 22.6. The standard InChI is InChI=1S/C32H38N2O2S/c1-25-17-19-27(20-18-25)22-34(31(35)24-37-23-28-13-7-3-8-14-28)30(21-26-11-5-2-6-12-26)32(36)33-29-15-9-4-10-16-29/h2-3,5-8,11-14,17-20,29-30H,4,9-10,15-16,21-24H2,1H3,(H,33,36)/t30-/m1/s1. The molecule has 1 fully saturated rings. The fourth-order valence-electron chi connectivity index (χ4n) is 4.90. The van der Waals surface area contributed by atoms with E-state index in [1.807, 2.05) is 53.4 Å². The van der Waals surface area contributed by atoms with Crippen LogP contribution in [0.15, 0.2) is 84.9 Å². The summed E-state index contributed by atoms with van der Waals surface area (Å²) in [5.41, 5.74) is 4.47. The van der Waals surface area contributed by atoms with Crippen molar-refractivity contribution in [3.8, 4) is 0 Å². The number of hydrogen-bond donors (Lipinski definition) is 1. The number of amides is 2. The van der Waals surface area contributed by atoms with Gasteiger partial charge in [0.1, 0.15) is 6.04 Å². The van der Waals surface area contributed by atoms with Gasteiger partial charge in [-0.05, 0) is 36.5 Å². The van der Waals surface area contributed by atoms with Crippen LogP contribution < -0.4 is 5.32 Å². The molecule has 2 amide bonds. The molecule has 194 valence electrons. The van der Waals surface area contributed by atoms with E-state index in [2.05, 4.69) is 48.6 Å². The van der Waals surface area contributed by atoms with Gasteiger partial charge < -0.3 is 10.2 Å². The highest BCUT2D eigenvalue weighted by Gasteiger charge is 2.31. The van der Waals surface area contributed by atoms with E-state index in [1.165, 1.54) is 17.5 Å². The molecule has 1 N–H and O–H groups in total. The first-order valence-electron chi connectivity index (χ1n) is 13.4. The fraction of sp³-hybridized carbons (Fsp3) is 0.375. The number of benzene rings is 3. The Hall–Kier alpha value is -3.05. The molecule has 0 bridgehead atoms. The van der Waals surface area contributed by atoms with Gasteiger partial charge in [-0.3, -0.25) is 9.59 Å². The van der Waals surface area contributed by atoms with Crippen molar-refractivity contribution >= 4 is 23.6 Å². The van der Waals surface area contributed by atoms with Crippen LogP contribution >= 0.6 is 11.8 Å². The lowest BCUT2D eigenvalue weighted by molar-refractivity contribution is -0.139. The van der Waals surface area contributed by atoms with Crippen LogP contribution in [0, 0.1) is 6.92 Å². The second-order valence-electron chi connectivity index (χ2n) is 10.0. The third kappa shape index (κ3) is 8.50. The number of rotatable bonds is 11. The van der Waals surface area contributed by atoms with Gasteiger partial charge in [-0.15, -0.1) is 11.8 Å². The van der Waals surface area contributed by atoms with Crippen LogP contribution in [0.25, 0.3) is 0 Å². The molecular formula is C32H38N2O2S. The lowest BCUT2D eigenvalue weighted by Gasteiger charge is -2.33. The van der Waals surface area contributed by atoms with Gasteiger partial charge in [-0.1, -0.05) is 110 Å². The first-order chi connectivity index (χ1) is 18.1. The van der Waals surface area contributed by atoms with Gasteiger partial charge in [0, 0.05) is 24.8 Å². The van der Waals surface area contributed by atoms with Crippen molar-refractivity contribution in [2.75, 3.05) is 5.75 Å². The molecule has 1 aliphatic rings. The molecule has 4 nitrogen and oxygen atoms in total. The number of nitrogens with zero attached hydrogens (tertiary/aromatic N) is 1. The minimum atomic E-state index is -0.560. The van der Waals surface area contributed by atoms with Crippen molar-refractivity contribution in [2.24, 2.45) is 0 Å². The van der Waals surface area contributed by atoms with Crippen molar-refractivity contribution in [1.82, 2.24) is 10.2 Å². The third-order valence-corrected chi connectivity index (χ3v) is 8.02. The molecule has 1 aliphatic carbocycles. The highest BCUT2D eigenvalue weighted by atomic mass is 32.2. The molecule has 0 saturated heterocycles. The Bertz CT molecular complexity index is 1110. The Morgan fingerprint density at radius 3 is 2.11 bits per heavy atom. The van der Waals surface area contributed by atoms with E-state index in [0.29, 0.717) is 18.7 Å². The minimum absolute atomic E-state index is 0.00114. The van der Waals surface area contributed by atoms with Crippen molar-refractivity contribution < 1.29 is 9.59 Å². The molecule has 5 heteroatoms. The number of carbonyl (C=O) groups excluding carboxylic acids is 2. The fourth-order valence-corrected chi connectivity index (χ4v) is 5.77. The van der Waals surface area contributed by atoms with E-state index < -0.39 is 6.04 Å². The average molecular weight is 515 g/mol. The van der Waals surface area contributed by atoms with Crippen molar-refractivity contribution in [3.05, 3.63) is 107 Å². The predicted octanol–water partition coefficient (Wildman–Crippen LogP) is 6.32. The normalized spacial score (nSPS) is 14.6. The maximum atomic E-state index is 13.8. The third-order valence-electron chi connectivity index (χ3n) is 7.03. The number of aryl methyl sites for hydroxylation is 1. The van der Waals surface area contributed by atoms with Crippen LogP contribution in [0.3, 0.4) is 0 Å². The molecule has 4 rings (SSSR count). The van der Waals surface area contributed by atoms with Crippen LogP contribution in [-0.2, 0) is 28.3 Å². The van der Waals surface area contributed by atoms with Crippen LogP contribution in [0.2, 0.25) is 0 Å². The van der Waals surface area contributed by atoms with Crippen molar-refractivity contribution in [2.45, 2.75) is 69.8 Å². The quantitative estimate of drug-likeness (QED) is 0.326. The maximum absolute atomic E-state index is 13.8. The number of carbonyl (C=O) groups is 2. The summed E-state index contributed by atoms with van der Waals surface area (Å²) in [7, 11) is 0. The predicted molar refractivity (Wildman–Crippen MR) is 153 cm³/mol. The Kier molecular flexibility index (Phi) is 10.2. The van der Waals surface area contributed by atoms with E-state index in [-0.39, 0.29) is 17.9 Å². The highest BCUT2D eigenvalue weighted by Crippen LogP contribution is 2.21. The van der Waals surface area contributed by atoms with Crippen LogP contribution in [0.4, 0.5) is 0 Å². The Balaban J connectivity index is 1.56. The van der Waals surface area contributed by atoms with Gasteiger partial charge in [0.15, 0.2) is 0 Å². The van der Waals surface area contributed by atoms with Gasteiger partial charge in [0.25, 0.3) is 0 Å². The molecule has 0 heterocycles. The van der Waals surface area contributed by atoms with E-state index >= 15 is 0 Å². The molecule has 0 radical (unpaired) electrons. The van der Waals surface area contributed by atoms with E-state index in [1.54, 1.807) is 11.8 Å². The summed E-state index contributed by atoms with van der Waals surface area (Å²) < 4.78 is 0. The first kappa shape index (κ1) is 27.0. The summed E-state index contributed by atoms with van der Waals surface area (Å²) in [6.07, 6.45) is 6.06. The van der Waals surface area contributed by atoms with Gasteiger partial charge in [0.05, 0.1) is 5.75 Å². The molecule has 0 unspecified atom stereocenters. The second-order valence-corrected chi connectivity index (χ2v) is 11.0. The molecule has 1 saturated carbocycles. The zero-order valence-electron chi connectivity index (χ0n) is 21.8. The number of nitrogens with one attached hydrogen (secondary N) is 1. The Labute approximate surface area is 225 Å². The summed E-state index contributed by atoms with van der Waals surface area (Å²) in [6.45, 7) is 2.48. The minimum Gasteiger partial charge on any atom is -0.352 e. The topological polar surface area (TPSA) is 49.4 Å². The molecule has 3 aromatic carbocycles. The number of thioether (sulfide) groups is 1. The summed E-state index contributed by atoms with van der Waals surface area (Å²) in [5.74, 6) is 1.07. The molecule has 0 aliphatic heterocycles. The highest BCUT2D eigenvalue weighted by molar-refractivity contribution is 7.99. The van der Waals surface area contributed by atoms with Gasteiger partial charge in [-0.2, -0.15) is 0 Å². The summed E-state index contributed by atoms with van der Waals surface area (Å²) in [5, 5.41) is 3.31. The van der Waals surface area contributed by atoms with Crippen molar-refractivity contribution in [1.29, 1.82) is 0 Å². The molecular weight excluding hydrogens is 476 g/mol. The zero-order chi connectivity index (χ0) is 25.9. The number of hydrogen-bond acceptors (Lipinski definition) is 3. The van der Waals surface area contributed by atoms with Crippen LogP contribution in [0.1, 0.15) is 54.4 Å². The average Bonchev–Trinajstić information content (AvgIpc) is 2.93. The first-order valence-corrected chi connectivity index (χ1v) is 14.5. The SMILES string of the molecule is Cc1ccc(CN(C(=O)CSCc2ccccc2)[C@H](Cc2ccccc2)C(=O)NC2CCCCC2)cc1. The smallest absolute Gasteiger partial charge is 0.243 e. The summed E-state index contributed by atoms with van der Waals surface area (Å²) in [6, 6.07) is 28.1. The molecule has 37 heavy (non-hydrogen) atoms. The Morgan fingerprint density at radius 1 is 0.838 bits per heavy atom. The molecule has 0 aromatic heterocycles. The summed E-state index contributed by atoms with van der Waals surface area (Å²) in [4.78, 5) is 29.4. The second kappa shape index (κ2) is 14.0. The van der Waals surface area contributed by atoms with E-state index in [4.69, 9.17) is 0 Å².